The van der Waals surface area contributed by atoms with E-state index in [2.05, 4.69) is 4.98 Å². The molecule has 1 N–H and O–H groups in total. The molecule has 202 valence electrons. The smallest absolute Gasteiger partial charge is 0.359 e. The number of aliphatic hydroxyl groups excluding tert-OH is 1. The largest absolute Gasteiger partial charge is 0.465 e. The Bertz CT molecular complexity index is 1680. The van der Waals surface area contributed by atoms with Crippen LogP contribution in [0.3, 0.4) is 0 Å². The van der Waals surface area contributed by atoms with Crippen molar-refractivity contribution >= 4 is 57.2 Å². The van der Waals surface area contributed by atoms with Gasteiger partial charge in [-0.25, -0.2) is 19.6 Å². The Labute approximate surface area is 237 Å². The molecule has 40 heavy (non-hydrogen) atoms. The van der Waals surface area contributed by atoms with E-state index in [1.165, 1.54) is 36.5 Å². The van der Waals surface area contributed by atoms with Crippen LogP contribution in [-0.4, -0.2) is 45.9 Å². The van der Waals surface area contributed by atoms with E-state index in [1.54, 1.807) is 6.07 Å². The highest BCUT2D eigenvalue weighted by molar-refractivity contribution is 7.92. The highest BCUT2D eigenvalue weighted by Crippen LogP contribution is 2.39. The Morgan fingerprint density at radius 3 is 2.15 bits per heavy atom. The molecule has 11 heteroatoms. The van der Waals surface area contributed by atoms with Crippen molar-refractivity contribution in [3.8, 4) is 0 Å². The third-order valence-electron chi connectivity index (χ3n) is 6.14. The summed E-state index contributed by atoms with van der Waals surface area (Å²) in [6.07, 6.45) is 0.0944. The zero-order valence-corrected chi connectivity index (χ0v) is 22.9. The molecule has 0 fully saturated rings. The molecule has 1 unspecified atom stereocenters. The first-order valence-electron chi connectivity index (χ1n) is 11.9. The van der Waals surface area contributed by atoms with Crippen LogP contribution in [0.15, 0.2) is 90.1 Å². The summed E-state index contributed by atoms with van der Waals surface area (Å²) in [6, 6.07) is 23.6. The van der Waals surface area contributed by atoms with Gasteiger partial charge in [0.2, 0.25) is 0 Å². The molecule has 3 aromatic carbocycles. The minimum atomic E-state index is -1.32. The van der Waals surface area contributed by atoms with Gasteiger partial charge in [0.15, 0.2) is 23.0 Å². The van der Waals surface area contributed by atoms with Crippen LogP contribution in [0.1, 0.15) is 48.6 Å². The van der Waals surface area contributed by atoms with Crippen LogP contribution < -0.4 is 0 Å². The number of hydrogen-bond acceptors (Lipinski definition) is 9. The van der Waals surface area contributed by atoms with Gasteiger partial charge >= 0.3 is 11.9 Å². The van der Waals surface area contributed by atoms with Gasteiger partial charge in [0.05, 0.1) is 31.0 Å². The summed E-state index contributed by atoms with van der Waals surface area (Å²) in [4.78, 5) is 34.0. The summed E-state index contributed by atoms with van der Waals surface area (Å²) < 4.78 is 24.7. The maximum Gasteiger partial charge on any atom is 0.359 e. The van der Waals surface area contributed by atoms with Crippen LogP contribution in [0.25, 0.3) is 10.9 Å². The molecule has 0 spiro atoms. The van der Waals surface area contributed by atoms with E-state index in [0.717, 1.165) is 22.5 Å². The highest BCUT2D eigenvalue weighted by atomic mass is 32.2. The predicted molar refractivity (Wildman–Crippen MR) is 153 cm³/mol. The van der Waals surface area contributed by atoms with Gasteiger partial charge in [0.1, 0.15) is 11.1 Å². The molecule has 0 amide bonds. The molecule has 5 rings (SSSR count). The number of ether oxygens (including phenoxy) is 2. The molecular weight excluding hydrogens is 553 g/mol. The lowest BCUT2D eigenvalue weighted by Gasteiger charge is -2.07. The lowest BCUT2D eigenvalue weighted by atomic mass is 10.0. The quantitative estimate of drug-likeness (QED) is 0.171. The van der Waals surface area contributed by atoms with E-state index in [9.17, 15) is 18.6 Å². The number of carbonyl (C=O) groups excluding carboxylic acids is 2. The summed E-state index contributed by atoms with van der Waals surface area (Å²) >= 11 is 0.948. The van der Waals surface area contributed by atoms with Gasteiger partial charge in [-0.05, 0) is 12.1 Å². The Morgan fingerprint density at radius 2 is 1.57 bits per heavy atom. The number of methoxy groups -OCH3 is 2. The molecule has 8 nitrogen and oxygen atoms in total. The monoisotopic (exact) mass is 575 g/mol. The number of fused-ring (bicyclic) bond motifs is 1. The third-order valence-corrected chi connectivity index (χ3v) is 7.59. The minimum absolute atomic E-state index is 0.0532. The second-order valence-electron chi connectivity index (χ2n) is 8.50. The summed E-state index contributed by atoms with van der Waals surface area (Å²) in [5.41, 5.74) is 3.14. The molecule has 5 aromatic rings. The summed E-state index contributed by atoms with van der Waals surface area (Å²) in [7, 11) is 2.50. The average molecular weight is 576 g/mol. The van der Waals surface area contributed by atoms with E-state index in [4.69, 9.17) is 14.5 Å². The average Bonchev–Trinajstić information content (AvgIpc) is 3.61. The second-order valence-corrected chi connectivity index (χ2v) is 10.0. The summed E-state index contributed by atoms with van der Waals surface area (Å²) in [5.74, 6) is -1.28. The predicted octanol–water partition coefficient (Wildman–Crippen LogP) is 6.30. The fourth-order valence-corrected chi connectivity index (χ4v) is 5.53. The van der Waals surface area contributed by atoms with Crippen molar-refractivity contribution in [3.05, 3.63) is 118 Å². The lowest BCUT2D eigenvalue weighted by molar-refractivity contribution is 0.0589. The molecular formula is C29H22FN3O5S2. The van der Waals surface area contributed by atoms with Crippen molar-refractivity contribution in [1.29, 1.82) is 0 Å². The fraction of sp³-hybridized carbons (Fsp3) is 0.103. The number of hydrogen-bond donors (Lipinski definition) is 1. The third kappa shape index (κ3) is 5.26. The second kappa shape index (κ2) is 11.8. The molecule has 0 aliphatic rings. The van der Waals surface area contributed by atoms with Crippen LogP contribution in [0, 0.1) is 0 Å². The van der Waals surface area contributed by atoms with E-state index in [0.29, 0.717) is 22.2 Å². The molecule has 1 atom stereocenters. The summed E-state index contributed by atoms with van der Waals surface area (Å²) in [5, 5.41) is 12.3. The summed E-state index contributed by atoms with van der Waals surface area (Å²) in [6.45, 7) is 0. The minimum Gasteiger partial charge on any atom is -0.465 e. The van der Waals surface area contributed by atoms with Crippen molar-refractivity contribution in [2.45, 2.75) is 6.10 Å². The van der Waals surface area contributed by atoms with Gasteiger partial charge in [-0.15, -0.1) is 3.89 Å². The van der Waals surface area contributed by atoms with Crippen LogP contribution in [0.4, 0.5) is 8.89 Å². The first kappa shape index (κ1) is 27.3. The van der Waals surface area contributed by atoms with Crippen molar-refractivity contribution in [3.63, 3.8) is 0 Å². The Hall–Kier alpha value is -4.32. The standard InChI is InChI=1S/C29H22FN3O5S2/c1-37-28(35)19-13-14-20-21(16-33(40-30)22(20)15-19)25(34)27-32-24(29(36)38-2)26(39-27)31-23(17-9-5-3-6-10-17)18-11-7-4-8-12-18/h3-16,25,34H,1-2H3. The first-order chi connectivity index (χ1) is 19.4. The van der Waals surface area contributed by atoms with Gasteiger partial charge in [-0.1, -0.05) is 78.1 Å². The van der Waals surface area contributed by atoms with Crippen LogP contribution in [0.5, 0.6) is 0 Å². The molecule has 2 heterocycles. The van der Waals surface area contributed by atoms with Gasteiger partial charge in [0.25, 0.3) is 0 Å². The molecule has 0 bridgehead atoms. The molecule has 0 aliphatic heterocycles. The Kier molecular flexibility index (Phi) is 8.06. The number of aromatic nitrogens is 2. The SMILES string of the molecule is COC(=O)c1ccc2c(C(O)c3nc(C(=O)OC)c(N=C(c4ccccc4)c4ccccc4)s3)cn(SF)c2c1. The number of rotatable bonds is 8. The fourth-order valence-electron chi connectivity index (χ4n) is 4.22. The number of carbonyl (C=O) groups is 2. The van der Waals surface area contributed by atoms with Crippen molar-refractivity contribution in [2.24, 2.45) is 4.99 Å². The number of esters is 2. The zero-order valence-electron chi connectivity index (χ0n) is 21.3. The zero-order chi connectivity index (χ0) is 28.2. The number of aliphatic imine (C=N–C) groups is 1. The molecule has 0 radical (unpaired) electrons. The van der Waals surface area contributed by atoms with Gasteiger partial charge in [0, 0.05) is 28.3 Å². The Balaban J connectivity index is 1.64. The number of benzene rings is 3. The first-order valence-corrected chi connectivity index (χ1v) is 13.4. The van der Waals surface area contributed by atoms with Crippen molar-refractivity contribution < 1.29 is 28.1 Å². The molecule has 0 saturated heterocycles. The van der Waals surface area contributed by atoms with E-state index in [1.807, 2.05) is 60.7 Å². The number of halogens is 1. The maximum atomic E-state index is 13.8. The number of thiazole rings is 1. The normalized spacial score (nSPS) is 11.7. The van der Waals surface area contributed by atoms with Crippen molar-refractivity contribution in [2.75, 3.05) is 14.2 Å². The number of aliphatic hydroxyl groups is 1. The molecule has 0 aliphatic carbocycles. The lowest BCUT2D eigenvalue weighted by Crippen LogP contribution is -2.06. The maximum absolute atomic E-state index is 13.8. The van der Waals surface area contributed by atoms with Crippen molar-refractivity contribution in [1.82, 2.24) is 8.96 Å². The van der Waals surface area contributed by atoms with Gasteiger partial charge in [-0.3, -0.25) is 3.97 Å². The van der Waals surface area contributed by atoms with E-state index < -0.39 is 18.0 Å². The van der Waals surface area contributed by atoms with Gasteiger partial charge in [-0.2, -0.15) is 0 Å². The Morgan fingerprint density at radius 1 is 0.950 bits per heavy atom. The van der Waals surface area contributed by atoms with Gasteiger partial charge < -0.3 is 14.6 Å². The highest BCUT2D eigenvalue weighted by Gasteiger charge is 2.27. The van der Waals surface area contributed by atoms with E-state index >= 15 is 0 Å². The van der Waals surface area contributed by atoms with Crippen LogP contribution >= 0.6 is 23.7 Å². The number of nitrogens with zero attached hydrogens (tertiary/aromatic N) is 3. The molecule has 0 saturated carbocycles. The van der Waals surface area contributed by atoms with Crippen LogP contribution in [-0.2, 0) is 9.47 Å². The molecule has 2 aromatic heterocycles. The van der Waals surface area contributed by atoms with Crippen LogP contribution in [0.2, 0.25) is 0 Å². The van der Waals surface area contributed by atoms with E-state index in [-0.39, 0.29) is 33.6 Å². The topological polar surface area (TPSA) is 103 Å².